The average molecular weight is 208 g/mol. The van der Waals surface area contributed by atoms with E-state index in [2.05, 4.69) is 0 Å². The second-order valence-electron chi connectivity index (χ2n) is 3.27. The van der Waals surface area contributed by atoms with Gasteiger partial charge >= 0.3 is 0 Å². The van der Waals surface area contributed by atoms with Gasteiger partial charge in [-0.05, 0) is 6.92 Å². The van der Waals surface area contributed by atoms with Crippen LogP contribution in [0.5, 0.6) is 0 Å². The summed E-state index contributed by atoms with van der Waals surface area (Å²) in [6.45, 7) is 1.36. The van der Waals surface area contributed by atoms with Gasteiger partial charge in [-0.1, -0.05) is 0 Å². The topological polar surface area (TPSA) is 99.4 Å². The molecule has 5 atom stereocenters. The first-order valence-electron chi connectivity index (χ1n) is 4.50. The minimum Gasteiger partial charge on any atom is -0.394 e. The van der Waals surface area contributed by atoms with E-state index in [4.69, 9.17) is 14.6 Å². The molecule has 0 bridgehead atoms. The Bertz CT molecular complexity index is 161. The number of hydrogen-bond acceptors (Lipinski definition) is 6. The zero-order valence-electron chi connectivity index (χ0n) is 7.91. The van der Waals surface area contributed by atoms with Crippen molar-refractivity contribution in [2.75, 3.05) is 13.2 Å². The van der Waals surface area contributed by atoms with E-state index in [1.165, 1.54) is 0 Å². The van der Waals surface area contributed by atoms with Crippen molar-refractivity contribution in [2.45, 2.75) is 37.6 Å². The summed E-state index contributed by atoms with van der Waals surface area (Å²) < 4.78 is 9.84. The fourth-order valence-electron chi connectivity index (χ4n) is 1.40. The van der Waals surface area contributed by atoms with Crippen LogP contribution in [0.15, 0.2) is 0 Å². The van der Waals surface area contributed by atoms with E-state index in [9.17, 15) is 15.3 Å². The number of ether oxygens (including phenoxy) is 2. The molecule has 1 aliphatic rings. The molecule has 0 unspecified atom stereocenters. The second kappa shape index (κ2) is 5.01. The van der Waals surface area contributed by atoms with E-state index in [1.54, 1.807) is 6.92 Å². The summed E-state index contributed by atoms with van der Waals surface area (Å²) in [5, 5.41) is 36.7. The maximum Gasteiger partial charge on any atom is 0.183 e. The molecule has 1 aliphatic heterocycles. The summed E-state index contributed by atoms with van der Waals surface area (Å²) in [6.07, 6.45) is -5.22. The minimum absolute atomic E-state index is 0.00176. The fraction of sp³-hybridized carbons (Fsp3) is 1.00. The third-order valence-corrected chi connectivity index (χ3v) is 2.20. The van der Waals surface area contributed by atoms with Crippen LogP contribution < -0.4 is 0 Å². The van der Waals surface area contributed by atoms with E-state index in [0.29, 0.717) is 0 Å². The second-order valence-corrected chi connectivity index (χ2v) is 3.27. The number of aliphatic hydroxyl groups is 4. The Hall–Kier alpha value is -0.240. The summed E-state index contributed by atoms with van der Waals surface area (Å²) in [7, 11) is 0. The normalized spacial score (nSPS) is 43.9. The molecule has 1 saturated heterocycles. The van der Waals surface area contributed by atoms with Crippen LogP contribution in [0.1, 0.15) is 6.92 Å². The molecule has 84 valence electrons. The van der Waals surface area contributed by atoms with Crippen molar-refractivity contribution in [2.24, 2.45) is 0 Å². The summed E-state index contributed by atoms with van der Waals surface area (Å²) in [5.41, 5.74) is 0. The maximum atomic E-state index is 9.55. The minimum atomic E-state index is -1.36. The van der Waals surface area contributed by atoms with Crippen LogP contribution in [0.2, 0.25) is 0 Å². The Morgan fingerprint density at radius 1 is 1.21 bits per heavy atom. The highest BCUT2D eigenvalue weighted by molar-refractivity contribution is 4.87. The molecule has 1 fully saturated rings. The molecule has 6 heteroatoms. The Kier molecular flexibility index (Phi) is 4.24. The van der Waals surface area contributed by atoms with Gasteiger partial charge in [0.25, 0.3) is 0 Å². The van der Waals surface area contributed by atoms with Gasteiger partial charge in [-0.25, -0.2) is 0 Å². The van der Waals surface area contributed by atoms with Crippen LogP contribution in [0.25, 0.3) is 0 Å². The van der Waals surface area contributed by atoms with Crippen LogP contribution in [0.3, 0.4) is 0 Å². The molecule has 14 heavy (non-hydrogen) atoms. The lowest BCUT2D eigenvalue weighted by molar-refractivity contribution is -0.286. The van der Waals surface area contributed by atoms with Crippen LogP contribution in [-0.2, 0) is 9.47 Å². The Labute approximate surface area is 81.7 Å². The zero-order valence-corrected chi connectivity index (χ0v) is 7.91. The summed E-state index contributed by atoms with van der Waals surface area (Å²) >= 11 is 0. The highest BCUT2D eigenvalue weighted by Gasteiger charge is 2.42. The van der Waals surface area contributed by atoms with Crippen LogP contribution >= 0.6 is 0 Å². The van der Waals surface area contributed by atoms with Gasteiger partial charge < -0.3 is 29.9 Å². The number of aliphatic hydroxyl groups excluding tert-OH is 4. The van der Waals surface area contributed by atoms with Gasteiger partial charge in [-0.2, -0.15) is 0 Å². The van der Waals surface area contributed by atoms with Gasteiger partial charge in [0.2, 0.25) is 0 Å². The number of hydrogen-bond donors (Lipinski definition) is 4. The molecule has 1 heterocycles. The molecule has 0 aliphatic carbocycles. The first-order valence-corrected chi connectivity index (χ1v) is 4.50. The van der Waals surface area contributed by atoms with Gasteiger partial charge in [-0.15, -0.1) is 0 Å². The van der Waals surface area contributed by atoms with Gasteiger partial charge in [0.05, 0.1) is 19.3 Å². The molecule has 0 aromatic carbocycles. The van der Waals surface area contributed by atoms with E-state index in [-0.39, 0.29) is 13.2 Å². The Morgan fingerprint density at radius 2 is 1.86 bits per heavy atom. The Balaban J connectivity index is 2.57. The monoisotopic (exact) mass is 208 g/mol. The highest BCUT2D eigenvalue weighted by Crippen LogP contribution is 2.21. The average Bonchev–Trinajstić information content (AvgIpc) is 2.15. The largest absolute Gasteiger partial charge is 0.394 e. The van der Waals surface area contributed by atoms with Crippen LogP contribution in [-0.4, -0.2) is 64.3 Å². The molecule has 0 radical (unpaired) electrons. The van der Waals surface area contributed by atoms with Crippen LogP contribution in [0.4, 0.5) is 0 Å². The van der Waals surface area contributed by atoms with Gasteiger partial charge in [0.1, 0.15) is 18.3 Å². The SMILES string of the molecule is C[C@@H]1O[C@H](O)[C@@H](O)[C@H](OCCO)[C@@H]1O. The quantitative estimate of drug-likeness (QED) is 0.421. The third kappa shape index (κ3) is 2.41. The van der Waals surface area contributed by atoms with Crippen LogP contribution in [0, 0.1) is 0 Å². The van der Waals surface area contributed by atoms with Crippen molar-refractivity contribution in [1.29, 1.82) is 0 Å². The van der Waals surface area contributed by atoms with Gasteiger partial charge in [-0.3, -0.25) is 0 Å². The molecule has 0 spiro atoms. The van der Waals surface area contributed by atoms with Gasteiger partial charge in [0, 0.05) is 0 Å². The summed E-state index contributed by atoms with van der Waals surface area (Å²) in [5.74, 6) is 0. The van der Waals surface area contributed by atoms with Gasteiger partial charge in [0.15, 0.2) is 6.29 Å². The maximum absolute atomic E-state index is 9.55. The van der Waals surface area contributed by atoms with E-state index in [0.717, 1.165) is 0 Å². The number of rotatable bonds is 3. The van der Waals surface area contributed by atoms with Crippen molar-refractivity contribution in [3.05, 3.63) is 0 Å². The third-order valence-electron chi connectivity index (χ3n) is 2.20. The van der Waals surface area contributed by atoms with Crippen molar-refractivity contribution in [1.82, 2.24) is 0 Å². The van der Waals surface area contributed by atoms with Crippen molar-refractivity contribution >= 4 is 0 Å². The van der Waals surface area contributed by atoms with Crippen molar-refractivity contribution < 1.29 is 29.9 Å². The first kappa shape index (κ1) is 11.8. The molecule has 0 aromatic heterocycles. The lowest BCUT2D eigenvalue weighted by Crippen LogP contribution is -2.57. The first-order chi connectivity index (χ1) is 6.57. The predicted molar refractivity (Wildman–Crippen MR) is 45.4 cm³/mol. The Morgan fingerprint density at radius 3 is 2.43 bits per heavy atom. The standard InChI is InChI=1S/C8H16O6/c1-4-5(10)7(13-3-2-9)6(11)8(12)14-4/h4-12H,2-3H2,1H3/t4-,5+,6-,7+,8-/m0/s1. The smallest absolute Gasteiger partial charge is 0.183 e. The summed E-state index contributed by atoms with van der Waals surface area (Å²) in [4.78, 5) is 0. The molecular weight excluding hydrogens is 192 g/mol. The van der Waals surface area contributed by atoms with E-state index in [1.807, 2.05) is 0 Å². The molecule has 0 aromatic rings. The zero-order chi connectivity index (χ0) is 10.7. The molecule has 4 N–H and O–H groups in total. The highest BCUT2D eigenvalue weighted by atomic mass is 16.6. The van der Waals surface area contributed by atoms with Crippen molar-refractivity contribution in [3.63, 3.8) is 0 Å². The van der Waals surface area contributed by atoms with E-state index >= 15 is 0 Å². The molecular formula is C8H16O6. The molecule has 6 nitrogen and oxygen atoms in total. The lowest BCUT2D eigenvalue weighted by atomic mass is 10.00. The molecule has 0 saturated carbocycles. The lowest BCUT2D eigenvalue weighted by Gasteiger charge is -2.39. The predicted octanol–water partition coefficient (Wildman–Crippen LogP) is -2.18. The van der Waals surface area contributed by atoms with E-state index < -0.39 is 30.7 Å². The molecule has 1 rings (SSSR count). The van der Waals surface area contributed by atoms with Crippen molar-refractivity contribution in [3.8, 4) is 0 Å². The fourth-order valence-corrected chi connectivity index (χ4v) is 1.40. The molecule has 0 amide bonds. The summed E-state index contributed by atoms with van der Waals surface area (Å²) in [6, 6.07) is 0.